The van der Waals surface area contributed by atoms with E-state index in [-0.39, 0.29) is 0 Å². The number of imidazole rings is 1. The van der Waals surface area contributed by atoms with E-state index in [1.54, 1.807) is 0 Å². The van der Waals surface area contributed by atoms with Crippen LogP contribution in [0.2, 0.25) is 5.02 Å². The Morgan fingerprint density at radius 1 is 1.14 bits per heavy atom. The van der Waals surface area contributed by atoms with E-state index in [1.807, 2.05) is 18.2 Å². The van der Waals surface area contributed by atoms with Crippen molar-refractivity contribution in [3.8, 4) is 11.4 Å². The zero-order valence-corrected chi connectivity index (χ0v) is 13.3. The maximum absolute atomic E-state index is 6.23. The van der Waals surface area contributed by atoms with Crippen molar-refractivity contribution in [2.24, 2.45) is 0 Å². The molecule has 0 unspecified atom stereocenters. The Labute approximate surface area is 134 Å². The number of fused-ring (bicyclic) bond motifs is 1. The number of anilines is 1. The molecule has 1 fully saturated rings. The van der Waals surface area contributed by atoms with E-state index in [0.717, 1.165) is 35.5 Å². The van der Waals surface area contributed by atoms with Gasteiger partial charge in [-0.25, -0.2) is 4.98 Å². The normalized spacial score (nSPS) is 14.9. The molecule has 3 nitrogen and oxygen atoms in total. The highest BCUT2D eigenvalue weighted by Crippen LogP contribution is 2.31. The highest BCUT2D eigenvalue weighted by atomic mass is 35.5. The number of aromatic nitrogens is 2. The highest BCUT2D eigenvalue weighted by molar-refractivity contribution is 6.35. The van der Waals surface area contributed by atoms with Gasteiger partial charge in [-0.05, 0) is 43.5 Å². The molecule has 2 aromatic carbocycles. The summed E-state index contributed by atoms with van der Waals surface area (Å²) < 4.78 is 0. The van der Waals surface area contributed by atoms with E-state index >= 15 is 0 Å². The van der Waals surface area contributed by atoms with Gasteiger partial charge in [-0.3, -0.25) is 0 Å². The Morgan fingerprint density at radius 2 is 1.95 bits per heavy atom. The standard InChI is InChI=1S/C18H18ClN3/c1-12-7-8-13(11-16(12)22-9-2-3-10-22)18-20-15-6-4-5-14(19)17(15)21-18/h4-8,11H,2-3,9-10H2,1H3,(H,20,21). The van der Waals surface area contributed by atoms with Gasteiger partial charge in [0.1, 0.15) is 11.3 Å². The summed E-state index contributed by atoms with van der Waals surface area (Å²) >= 11 is 6.23. The molecule has 4 heteroatoms. The van der Waals surface area contributed by atoms with E-state index in [9.17, 15) is 0 Å². The Hall–Kier alpha value is -2.00. The predicted molar refractivity (Wildman–Crippen MR) is 92.7 cm³/mol. The summed E-state index contributed by atoms with van der Waals surface area (Å²) in [6.45, 7) is 4.47. The van der Waals surface area contributed by atoms with Crippen molar-refractivity contribution >= 4 is 28.3 Å². The van der Waals surface area contributed by atoms with Crippen LogP contribution in [-0.4, -0.2) is 23.1 Å². The molecule has 0 saturated carbocycles. The maximum atomic E-state index is 6.23. The number of hydrogen-bond donors (Lipinski definition) is 1. The van der Waals surface area contributed by atoms with E-state index in [2.05, 4.69) is 40.0 Å². The molecule has 0 amide bonds. The lowest BCUT2D eigenvalue weighted by Crippen LogP contribution is -2.18. The van der Waals surface area contributed by atoms with Crippen LogP contribution in [0, 0.1) is 6.92 Å². The second-order valence-electron chi connectivity index (χ2n) is 5.92. The second-order valence-corrected chi connectivity index (χ2v) is 6.32. The second kappa shape index (κ2) is 5.33. The Kier molecular flexibility index (Phi) is 3.30. The monoisotopic (exact) mass is 311 g/mol. The number of benzene rings is 2. The zero-order chi connectivity index (χ0) is 15.1. The number of H-pyrrole nitrogens is 1. The summed E-state index contributed by atoms with van der Waals surface area (Å²) in [5, 5.41) is 0.687. The molecule has 1 aliphatic rings. The van der Waals surface area contributed by atoms with Crippen molar-refractivity contribution < 1.29 is 0 Å². The van der Waals surface area contributed by atoms with Crippen LogP contribution in [0.15, 0.2) is 36.4 Å². The van der Waals surface area contributed by atoms with Crippen LogP contribution in [0.3, 0.4) is 0 Å². The lowest BCUT2D eigenvalue weighted by Gasteiger charge is -2.20. The number of hydrogen-bond acceptors (Lipinski definition) is 2. The summed E-state index contributed by atoms with van der Waals surface area (Å²) in [5.41, 5.74) is 5.56. The van der Waals surface area contributed by atoms with Crippen LogP contribution in [0.1, 0.15) is 18.4 Å². The van der Waals surface area contributed by atoms with Crippen LogP contribution < -0.4 is 4.90 Å². The van der Waals surface area contributed by atoms with Gasteiger partial charge in [-0.2, -0.15) is 0 Å². The number of nitrogens with zero attached hydrogens (tertiary/aromatic N) is 2. The lowest BCUT2D eigenvalue weighted by molar-refractivity contribution is 0.949. The fourth-order valence-electron chi connectivity index (χ4n) is 3.19. The van der Waals surface area contributed by atoms with Crippen molar-refractivity contribution in [3.05, 3.63) is 47.0 Å². The van der Waals surface area contributed by atoms with Gasteiger partial charge in [0.2, 0.25) is 0 Å². The van der Waals surface area contributed by atoms with Gasteiger partial charge in [0.25, 0.3) is 0 Å². The summed E-state index contributed by atoms with van der Waals surface area (Å²) in [5.74, 6) is 0.878. The first-order chi connectivity index (χ1) is 10.7. The van der Waals surface area contributed by atoms with Gasteiger partial charge in [0, 0.05) is 24.3 Å². The van der Waals surface area contributed by atoms with Crippen LogP contribution in [0.25, 0.3) is 22.4 Å². The van der Waals surface area contributed by atoms with Gasteiger partial charge < -0.3 is 9.88 Å². The largest absolute Gasteiger partial charge is 0.371 e. The van der Waals surface area contributed by atoms with Crippen LogP contribution in [-0.2, 0) is 0 Å². The van der Waals surface area contributed by atoms with Gasteiger partial charge in [0.15, 0.2) is 0 Å². The SMILES string of the molecule is Cc1ccc(-c2nc3c(Cl)cccc3[nH]2)cc1N1CCCC1. The molecule has 22 heavy (non-hydrogen) atoms. The minimum Gasteiger partial charge on any atom is -0.371 e. The molecule has 1 N–H and O–H groups in total. The van der Waals surface area contributed by atoms with Crippen LogP contribution in [0.4, 0.5) is 5.69 Å². The molecular weight excluding hydrogens is 294 g/mol. The van der Waals surface area contributed by atoms with E-state index < -0.39 is 0 Å². The molecule has 0 spiro atoms. The summed E-state index contributed by atoms with van der Waals surface area (Å²) in [7, 11) is 0. The Morgan fingerprint density at radius 3 is 2.73 bits per heavy atom. The fourth-order valence-corrected chi connectivity index (χ4v) is 3.41. The first-order valence-corrected chi connectivity index (χ1v) is 8.10. The summed E-state index contributed by atoms with van der Waals surface area (Å²) in [6, 6.07) is 12.4. The molecule has 1 aliphatic heterocycles. The fraction of sp³-hybridized carbons (Fsp3) is 0.278. The molecule has 1 saturated heterocycles. The molecule has 4 rings (SSSR count). The Bertz CT molecular complexity index is 831. The molecule has 1 aromatic heterocycles. The first-order valence-electron chi connectivity index (χ1n) is 7.72. The maximum Gasteiger partial charge on any atom is 0.138 e. The van der Waals surface area contributed by atoms with Crippen molar-refractivity contribution in [3.63, 3.8) is 0 Å². The zero-order valence-electron chi connectivity index (χ0n) is 12.6. The lowest BCUT2D eigenvalue weighted by atomic mass is 10.1. The number of para-hydroxylation sites is 1. The van der Waals surface area contributed by atoms with E-state index in [4.69, 9.17) is 11.6 Å². The average molecular weight is 312 g/mol. The minimum atomic E-state index is 0.687. The number of nitrogens with one attached hydrogen (secondary N) is 1. The number of aryl methyl sites for hydroxylation is 1. The average Bonchev–Trinajstić information content (AvgIpc) is 3.17. The third-order valence-electron chi connectivity index (χ3n) is 4.39. The van der Waals surface area contributed by atoms with Crippen molar-refractivity contribution in [1.82, 2.24) is 9.97 Å². The van der Waals surface area contributed by atoms with Gasteiger partial charge >= 0.3 is 0 Å². The number of rotatable bonds is 2. The molecule has 2 heterocycles. The van der Waals surface area contributed by atoms with E-state index in [1.165, 1.54) is 24.1 Å². The summed E-state index contributed by atoms with van der Waals surface area (Å²) in [6.07, 6.45) is 2.56. The minimum absolute atomic E-state index is 0.687. The predicted octanol–water partition coefficient (Wildman–Crippen LogP) is 4.79. The Balaban J connectivity index is 1.80. The van der Waals surface area contributed by atoms with Crippen molar-refractivity contribution in [1.29, 1.82) is 0 Å². The van der Waals surface area contributed by atoms with Crippen LogP contribution >= 0.6 is 11.6 Å². The molecule has 0 atom stereocenters. The van der Waals surface area contributed by atoms with Crippen LogP contribution in [0.5, 0.6) is 0 Å². The quantitative estimate of drug-likeness (QED) is 0.737. The van der Waals surface area contributed by atoms with Crippen molar-refractivity contribution in [2.45, 2.75) is 19.8 Å². The van der Waals surface area contributed by atoms with Gasteiger partial charge in [0.05, 0.1) is 10.5 Å². The smallest absolute Gasteiger partial charge is 0.138 e. The van der Waals surface area contributed by atoms with E-state index in [0.29, 0.717) is 5.02 Å². The highest BCUT2D eigenvalue weighted by Gasteiger charge is 2.16. The van der Waals surface area contributed by atoms with Crippen molar-refractivity contribution in [2.75, 3.05) is 18.0 Å². The molecule has 3 aromatic rings. The molecule has 0 bridgehead atoms. The molecule has 0 radical (unpaired) electrons. The van der Waals surface area contributed by atoms with Gasteiger partial charge in [-0.1, -0.05) is 29.8 Å². The third kappa shape index (κ3) is 2.26. The molecular formula is C18H18ClN3. The number of halogens is 1. The molecule has 112 valence electrons. The van der Waals surface area contributed by atoms with Gasteiger partial charge in [-0.15, -0.1) is 0 Å². The first kappa shape index (κ1) is 13.6. The summed E-state index contributed by atoms with van der Waals surface area (Å²) in [4.78, 5) is 10.5. The molecule has 0 aliphatic carbocycles. The topological polar surface area (TPSA) is 31.9 Å². The number of aromatic amines is 1. The third-order valence-corrected chi connectivity index (χ3v) is 4.70.